The Morgan fingerprint density at radius 1 is 1.19 bits per heavy atom. The van der Waals surface area contributed by atoms with Gasteiger partial charge in [0.2, 0.25) is 0 Å². The second kappa shape index (κ2) is 7.29. The van der Waals surface area contributed by atoms with Crippen molar-refractivity contribution in [2.45, 2.75) is 71.5 Å². The molecule has 0 aromatic rings. The standard InChI is InChI=1S/C14H28O2/c1-4-11(3)13(15)14(16-5-2)12-9-7-6-8-10-12/h11-15H,4-10H2,1-3H3. The van der Waals surface area contributed by atoms with Crippen LogP contribution < -0.4 is 0 Å². The van der Waals surface area contributed by atoms with Gasteiger partial charge in [-0.3, -0.25) is 0 Å². The fraction of sp³-hybridized carbons (Fsp3) is 1.00. The molecule has 1 aliphatic rings. The van der Waals surface area contributed by atoms with E-state index in [9.17, 15) is 5.11 Å². The Labute approximate surface area is 100 Å². The number of hydrogen-bond donors (Lipinski definition) is 1. The first-order chi connectivity index (χ1) is 7.70. The normalized spacial score (nSPS) is 24.0. The highest BCUT2D eigenvalue weighted by molar-refractivity contribution is 4.82. The molecule has 1 N–H and O–H groups in total. The van der Waals surface area contributed by atoms with Crippen LogP contribution in [0, 0.1) is 11.8 Å². The Balaban J connectivity index is 2.56. The maximum Gasteiger partial charge on any atom is 0.0864 e. The van der Waals surface area contributed by atoms with Crippen LogP contribution in [0.15, 0.2) is 0 Å². The second-order valence-corrected chi connectivity index (χ2v) is 5.19. The van der Waals surface area contributed by atoms with Gasteiger partial charge >= 0.3 is 0 Å². The van der Waals surface area contributed by atoms with Crippen LogP contribution >= 0.6 is 0 Å². The van der Waals surface area contributed by atoms with Gasteiger partial charge in [0.25, 0.3) is 0 Å². The van der Waals surface area contributed by atoms with Gasteiger partial charge in [-0.2, -0.15) is 0 Å². The van der Waals surface area contributed by atoms with Crippen LogP contribution in [0.25, 0.3) is 0 Å². The SMILES string of the molecule is CCOC(C1CCCCC1)C(O)C(C)CC. The van der Waals surface area contributed by atoms with Crippen molar-refractivity contribution in [1.82, 2.24) is 0 Å². The molecule has 0 saturated heterocycles. The number of ether oxygens (including phenoxy) is 1. The maximum atomic E-state index is 10.3. The molecule has 1 aliphatic carbocycles. The smallest absolute Gasteiger partial charge is 0.0864 e. The average Bonchev–Trinajstić information content (AvgIpc) is 2.35. The van der Waals surface area contributed by atoms with E-state index in [1.807, 2.05) is 6.92 Å². The summed E-state index contributed by atoms with van der Waals surface area (Å²) in [6, 6.07) is 0. The zero-order chi connectivity index (χ0) is 12.0. The van der Waals surface area contributed by atoms with E-state index in [0.29, 0.717) is 18.4 Å². The average molecular weight is 228 g/mol. The van der Waals surface area contributed by atoms with Gasteiger partial charge in [0.1, 0.15) is 0 Å². The van der Waals surface area contributed by atoms with Crippen LogP contribution in [-0.2, 0) is 4.74 Å². The summed E-state index contributed by atoms with van der Waals surface area (Å²) in [5.41, 5.74) is 0. The number of aliphatic hydroxyl groups is 1. The van der Waals surface area contributed by atoms with Crippen molar-refractivity contribution in [2.75, 3.05) is 6.61 Å². The van der Waals surface area contributed by atoms with E-state index in [0.717, 1.165) is 6.42 Å². The van der Waals surface area contributed by atoms with Gasteiger partial charge in [0.05, 0.1) is 12.2 Å². The van der Waals surface area contributed by atoms with E-state index in [4.69, 9.17) is 4.74 Å². The molecule has 1 rings (SSSR count). The fourth-order valence-electron chi connectivity index (χ4n) is 2.73. The van der Waals surface area contributed by atoms with E-state index < -0.39 is 0 Å². The van der Waals surface area contributed by atoms with E-state index in [2.05, 4.69) is 13.8 Å². The Morgan fingerprint density at radius 2 is 1.81 bits per heavy atom. The molecule has 2 nitrogen and oxygen atoms in total. The molecule has 0 bridgehead atoms. The van der Waals surface area contributed by atoms with Crippen molar-refractivity contribution in [2.24, 2.45) is 11.8 Å². The molecule has 0 spiro atoms. The molecule has 3 unspecified atom stereocenters. The molecule has 0 aromatic carbocycles. The molecule has 1 fully saturated rings. The molecule has 0 heterocycles. The first-order valence-electron chi connectivity index (χ1n) is 7.00. The highest BCUT2D eigenvalue weighted by atomic mass is 16.5. The van der Waals surface area contributed by atoms with E-state index in [1.165, 1.54) is 32.1 Å². The minimum Gasteiger partial charge on any atom is -0.390 e. The summed E-state index contributed by atoms with van der Waals surface area (Å²) in [5.74, 6) is 0.927. The quantitative estimate of drug-likeness (QED) is 0.755. The van der Waals surface area contributed by atoms with Crippen LogP contribution in [0.3, 0.4) is 0 Å². The Morgan fingerprint density at radius 3 is 2.31 bits per heavy atom. The van der Waals surface area contributed by atoms with Crippen LogP contribution in [0.4, 0.5) is 0 Å². The lowest BCUT2D eigenvalue weighted by atomic mass is 9.80. The minimum atomic E-state index is -0.284. The monoisotopic (exact) mass is 228 g/mol. The van der Waals surface area contributed by atoms with Crippen LogP contribution in [-0.4, -0.2) is 23.9 Å². The van der Waals surface area contributed by atoms with Crippen molar-refractivity contribution >= 4 is 0 Å². The number of aliphatic hydroxyl groups excluding tert-OH is 1. The van der Waals surface area contributed by atoms with Gasteiger partial charge in [-0.15, -0.1) is 0 Å². The summed E-state index contributed by atoms with van der Waals surface area (Å²) in [6.45, 7) is 7.01. The Bertz CT molecular complexity index is 174. The molecule has 0 aromatic heterocycles. The molecule has 0 radical (unpaired) electrons. The molecule has 3 atom stereocenters. The zero-order valence-corrected chi connectivity index (χ0v) is 11.1. The van der Waals surface area contributed by atoms with Gasteiger partial charge < -0.3 is 9.84 Å². The lowest BCUT2D eigenvalue weighted by molar-refractivity contribution is -0.0909. The minimum absolute atomic E-state index is 0.0697. The summed E-state index contributed by atoms with van der Waals surface area (Å²) in [4.78, 5) is 0. The molecule has 16 heavy (non-hydrogen) atoms. The van der Waals surface area contributed by atoms with Gasteiger partial charge in [0.15, 0.2) is 0 Å². The number of hydrogen-bond acceptors (Lipinski definition) is 2. The summed E-state index contributed by atoms with van der Waals surface area (Å²) in [5, 5.41) is 10.3. The predicted octanol–water partition coefficient (Wildman–Crippen LogP) is 3.38. The second-order valence-electron chi connectivity index (χ2n) is 5.19. The van der Waals surface area contributed by atoms with Crippen molar-refractivity contribution < 1.29 is 9.84 Å². The summed E-state index contributed by atoms with van der Waals surface area (Å²) < 4.78 is 5.82. The third-order valence-corrected chi connectivity index (χ3v) is 4.04. The summed E-state index contributed by atoms with van der Waals surface area (Å²) in [6.07, 6.45) is 7.25. The van der Waals surface area contributed by atoms with Crippen LogP contribution in [0.2, 0.25) is 0 Å². The van der Waals surface area contributed by atoms with Gasteiger partial charge in [0, 0.05) is 6.61 Å². The Hall–Kier alpha value is -0.0800. The maximum absolute atomic E-state index is 10.3. The fourth-order valence-corrected chi connectivity index (χ4v) is 2.73. The van der Waals surface area contributed by atoms with E-state index in [-0.39, 0.29) is 12.2 Å². The largest absolute Gasteiger partial charge is 0.390 e. The summed E-state index contributed by atoms with van der Waals surface area (Å²) in [7, 11) is 0. The molecule has 0 amide bonds. The lowest BCUT2D eigenvalue weighted by Crippen LogP contribution is -2.40. The van der Waals surface area contributed by atoms with Gasteiger partial charge in [-0.25, -0.2) is 0 Å². The predicted molar refractivity (Wildman–Crippen MR) is 67.5 cm³/mol. The molecule has 1 saturated carbocycles. The van der Waals surface area contributed by atoms with Gasteiger partial charge in [-0.05, 0) is 31.6 Å². The summed E-state index contributed by atoms with van der Waals surface area (Å²) >= 11 is 0. The van der Waals surface area contributed by atoms with Crippen molar-refractivity contribution in [3.05, 3.63) is 0 Å². The highest BCUT2D eigenvalue weighted by Gasteiger charge is 2.32. The van der Waals surface area contributed by atoms with E-state index >= 15 is 0 Å². The molecule has 0 aliphatic heterocycles. The highest BCUT2D eigenvalue weighted by Crippen LogP contribution is 2.31. The van der Waals surface area contributed by atoms with Crippen molar-refractivity contribution in [3.63, 3.8) is 0 Å². The third-order valence-electron chi connectivity index (χ3n) is 4.04. The Kier molecular flexibility index (Phi) is 6.37. The van der Waals surface area contributed by atoms with Crippen molar-refractivity contribution in [1.29, 1.82) is 0 Å². The molecular formula is C14H28O2. The van der Waals surface area contributed by atoms with E-state index in [1.54, 1.807) is 0 Å². The first-order valence-corrected chi connectivity index (χ1v) is 7.00. The molecule has 2 heteroatoms. The van der Waals surface area contributed by atoms with Gasteiger partial charge in [-0.1, -0.05) is 39.5 Å². The third kappa shape index (κ3) is 3.74. The lowest BCUT2D eigenvalue weighted by Gasteiger charge is -2.35. The number of rotatable bonds is 6. The molecule has 96 valence electrons. The molecular weight excluding hydrogens is 200 g/mol. The first kappa shape index (κ1) is 14.0. The zero-order valence-electron chi connectivity index (χ0n) is 11.1. The topological polar surface area (TPSA) is 29.5 Å². The van der Waals surface area contributed by atoms with Crippen LogP contribution in [0.5, 0.6) is 0 Å². The van der Waals surface area contributed by atoms with Crippen molar-refractivity contribution in [3.8, 4) is 0 Å². The van der Waals surface area contributed by atoms with Crippen LogP contribution in [0.1, 0.15) is 59.3 Å².